The molecule has 1 heterocycles. The van der Waals surface area contributed by atoms with Crippen molar-refractivity contribution in [2.45, 2.75) is 0 Å². The molecule has 1 amide bonds. The minimum atomic E-state index is -0.600. The number of thioether (sulfide) groups is 1. The van der Waals surface area contributed by atoms with Crippen molar-refractivity contribution >= 4 is 34.5 Å². The summed E-state index contributed by atoms with van der Waals surface area (Å²) in [5.41, 5.74) is 0.521. The van der Waals surface area contributed by atoms with Gasteiger partial charge in [-0.15, -0.1) is 0 Å². The van der Waals surface area contributed by atoms with Crippen molar-refractivity contribution in [2.75, 3.05) is 14.2 Å². The van der Waals surface area contributed by atoms with Crippen LogP contribution in [0.2, 0.25) is 0 Å². The molecule has 1 aliphatic heterocycles. The zero-order valence-electron chi connectivity index (χ0n) is 10.8. The molecule has 0 radical (unpaired) electrons. The van der Waals surface area contributed by atoms with Crippen molar-refractivity contribution < 1.29 is 18.7 Å². The van der Waals surface area contributed by atoms with Gasteiger partial charge in [-0.05, 0) is 36.0 Å². The third-order valence-electron chi connectivity index (χ3n) is 2.51. The van der Waals surface area contributed by atoms with E-state index in [0.717, 1.165) is 17.8 Å². The fourth-order valence-corrected chi connectivity index (χ4v) is 2.39. The van der Waals surface area contributed by atoms with Crippen LogP contribution >= 0.6 is 11.8 Å². The highest BCUT2D eigenvalue weighted by atomic mass is 32.2. The summed E-state index contributed by atoms with van der Waals surface area (Å²) in [7, 11) is 2.79. The molecule has 0 bridgehead atoms. The Labute approximate surface area is 119 Å². The molecule has 1 aromatic rings. The Morgan fingerprint density at radius 2 is 2.05 bits per heavy atom. The predicted molar refractivity (Wildman–Crippen MR) is 74.0 cm³/mol. The molecule has 1 fully saturated rings. The van der Waals surface area contributed by atoms with E-state index >= 15 is 0 Å². The summed E-state index contributed by atoms with van der Waals surface area (Å²) < 4.78 is 17.3. The van der Waals surface area contributed by atoms with Crippen molar-refractivity contribution in [1.29, 1.82) is 0 Å². The van der Waals surface area contributed by atoms with E-state index in [2.05, 4.69) is 9.73 Å². The number of benzene rings is 1. The van der Waals surface area contributed by atoms with Crippen LogP contribution in [0.4, 0.5) is 10.1 Å². The quantitative estimate of drug-likeness (QED) is 0.619. The van der Waals surface area contributed by atoms with Gasteiger partial charge in [-0.2, -0.15) is 0 Å². The Kier molecular flexibility index (Phi) is 4.19. The molecular formula is C13H11FN2O3S. The number of amides is 1. The third kappa shape index (κ3) is 3.05. The molecule has 0 aromatic heterocycles. The zero-order chi connectivity index (χ0) is 14.7. The van der Waals surface area contributed by atoms with Crippen molar-refractivity contribution in [1.82, 2.24) is 4.90 Å². The Morgan fingerprint density at radius 1 is 1.40 bits per heavy atom. The highest BCUT2D eigenvalue weighted by Gasteiger charge is 2.31. The number of esters is 1. The summed E-state index contributed by atoms with van der Waals surface area (Å²) in [6, 6.07) is 5.57. The first-order valence-corrected chi connectivity index (χ1v) is 6.42. The van der Waals surface area contributed by atoms with E-state index in [0.29, 0.717) is 10.9 Å². The van der Waals surface area contributed by atoms with Gasteiger partial charge in [0.15, 0.2) is 5.17 Å². The topological polar surface area (TPSA) is 59.0 Å². The van der Waals surface area contributed by atoms with Gasteiger partial charge < -0.3 is 4.74 Å². The number of halogens is 1. The number of likely N-dealkylation sites (N-methyl/N-ethyl adjacent to an activating group) is 1. The number of carbonyl (C=O) groups excluding carboxylic acids is 2. The van der Waals surface area contributed by atoms with Crippen LogP contribution in [0.15, 0.2) is 40.2 Å². The number of methoxy groups -OCH3 is 1. The molecule has 0 atom stereocenters. The van der Waals surface area contributed by atoms with Gasteiger partial charge in [0.25, 0.3) is 5.91 Å². The molecule has 104 valence electrons. The Balaban J connectivity index is 2.26. The van der Waals surface area contributed by atoms with Gasteiger partial charge in [-0.3, -0.25) is 9.69 Å². The van der Waals surface area contributed by atoms with Crippen LogP contribution in [-0.2, 0) is 14.3 Å². The van der Waals surface area contributed by atoms with E-state index in [-0.39, 0.29) is 16.6 Å². The molecule has 20 heavy (non-hydrogen) atoms. The first-order valence-electron chi connectivity index (χ1n) is 5.61. The van der Waals surface area contributed by atoms with Crippen LogP contribution in [0.25, 0.3) is 0 Å². The zero-order valence-corrected chi connectivity index (χ0v) is 11.6. The number of ether oxygens (including phenoxy) is 1. The highest BCUT2D eigenvalue weighted by molar-refractivity contribution is 8.18. The number of amidine groups is 1. The molecule has 1 aromatic carbocycles. The van der Waals surface area contributed by atoms with Crippen LogP contribution in [0, 0.1) is 5.82 Å². The van der Waals surface area contributed by atoms with Gasteiger partial charge in [-0.25, -0.2) is 14.2 Å². The van der Waals surface area contributed by atoms with E-state index < -0.39 is 5.97 Å². The lowest BCUT2D eigenvalue weighted by Crippen LogP contribution is -2.23. The molecule has 0 unspecified atom stereocenters. The fraction of sp³-hybridized carbons (Fsp3) is 0.154. The Bertz CT molecular complexity index is 611. The van der Waals surface area contributed by atoms with Gasteiger partial charge in [0.05, 0.1) is 17.7 Å². The maximum atomic E-state index is 12.8. The van der Waals surface area contributed by atoms with Gasteiger partial charge in [-0.1, -0.05) is 0 Å². The maximum Gasteiger partial charge on any atom is 0.331 e. The van der Waals surface area contributed by atoms with Crippen molar-refractivity contribution in [3.63, 3.8) is 0 Å². The van der Waals surface area contributed by atoms with Crippen LogP contribution < -0.4 is 0 Å². The van der Waals surface area contributed by atoms with Gasteiger partial charge in [0, 0.05) is 13.1 Å². The standard InChI is InChI=1S/C13H11FN2O3S/c1-16-12(18)10(7-11(17)19-2)20-13(16)15-9-5-3-8(14)4-6-9/h3-7H,1-2H3. The summed E-state index contributed by atoms with van der Waals surface area (Å²) in [6.07, 6.45) is 1.12. The molecular weight excluding hydrogens is 283 g/mol. The summed E-state index contributed by atoms with van der Waals surface area (Å²) >= 11 is 1.06. The first-order chi connectivity index (χ1) is 9.51. The van der Waals surface area contributed by atoms with Crippen LogP contribution in [0.5, 0.6) is 0 Å². The Morgan fingerprint density at radius 3 is 2.65 bits per heavy atom. The fourth-order valence-electron chi connectivity index (χ4n) is 1.44. The average molecular weight is 294 g/mol. The van der Waals surface area contributed by atoms with E-state index in [1.54, 1.807) is 7.05 Å². The number of rotatable bonds is 2. The molecule has 2 rings (SSSR count). The monoisotopic (exact) mass is 294 g/mol. The lowest BCUT2D eigenvalue weighted by Gasteiger charge is -2.06. The van der Waals surface area contributed by atoms with E-state index in [1.807, 2.05) is 0 Å². The van der Waals surface area contributed by atoms with Crippen LogP contribution in [0.3, 0.4) is 0 Å². The smallest absolute Gasteiger partial charge is 0.331 e. The Hall–Kier alpha value is -2.15. The van der Waals surface area contributed by atoms with Crippen molar-refractivity contribution in [3.8, 4) is 0 Å². The summed E-state index contributed by atoms with van der Waals surface area (Å²) in [5.74, 6) is -1.29. The lowest BCUT2D eigenvalue weighted by molar-refractivity contribution is -0.135. The number of carbonyl (C=O) groups is 2. The number of hydrogen-bond acceptors (Lipinski definition) is 5. The van der Waals surface area contributed by atoms with Crippen molar-refractivity contribution in [2.24, 2.45) is 4.99 Å². The van der Waals surface area contributed by atoms with E-state index in [9.17, 15) is 14.0 Å². The lowest BCUT2D eigenvalue weighted by atomic mass is 10.3. The molecule has 0 N–H and O–H groups in total. The van der Waals surface area contributed by atoms with Gasteiger partial charge >= 0.3 is 5.97 Å². The molecule has 1 saturated heterocycles. The second-order valence-corrected chi connectivity index (χ2v) is 4.88. The van der Waals surface area contributed by atoms with Crippen molar-refractivity contribution in [3.05, 3.63) is 41.1 Å². The molecule has 1 aliphatic rings. The molecule has 0 aliphatic carbocycles. The normalized spacial score (nSPS) is 18.9. The highest BCUT2D eigenvalue weighted by Crippen LogP contribution is 2.31. The average Bonchev–Trinajstić information content (AvgIpc) is 2.69. The second kappa shape index (κ2) is 5.87. The van der Waals surface area contributed by atoms with Crippen LogP contribution in [0.1, 0.15) is 0 Å². The molecule has 5 nitrogen and oxygen atoms in total. The minimum absolute atomic E-state index is 0.236. The van der Waals surface area contributed by atoms with Gasteiger partial charge in [0.1, 0.15) is 5.82 Å². The SMILES string of the molecule is COC(=O)C=C1SC(=Nc2ccc(F)cc2)N(C)C1=O. The van der Waals surface area contributed by atoms with Gasteiger partial charge in [0.2, 0.25) is 0 Å². The molecule has 7 heteroatoms. The third-order valence-corrected chi connectivity index (χ3v) is 3.57. The molecule has 0 spiro atoms. The number of aliphatic imine (C=N–C) groups is 1. The van der Waals surface area contributed by atoms with E-state index in [1.165, 1.54) is 36.3 Å². The maximum absolute atomic E-state index is 12.8. The number of hydrogen-bond donors (Lipinski definition) is 0. The summed E-state index contributed by atoms with van der Waals surface area (Å²) in [6.45, 7) is 0. The van der Waals surface area contributed by atoms with E-state index in [4.69, 9.17) is 0 Å². The second-order valence-electron chi connectivity index (χ2n) is 3.87. The summed E-state index contributed by atoms with van der Waals surface area (Å²) in [5, 5.41) is 0.414. The largest absolute Gasteiger partial charge is 0.466 e. The minimum Gasteiger partial charge on any atom is -0.466 e. The predicted octanol–water partition coefficient (Wildman–Crippen LogP) is 2.08. The first kappa shape index (κ1) is 14.3. The number of nitrogens with zero attached hydrogens (tertiary/aromatic N) is 2. The summed E-state index contributed by atoms with van der Waals surface area (Å²) in [4.78, 5) is 28.9. The molecule has 0 saturated carbocycles. The van der Waals surface area contributed by atoms with Crippen LogP contribution in [-0.4, -0.2) is 36.1 Å².